The van der Waals surface area contributed by atoms with Crippen LogP contribution in [0.15, 0.2) is 93.2 Å². The molecule has 0 saturated carbocycles. The van der Waals surface area contributed by atoms with Gasteiger partial charge in [-0.2, -0.15) is 4.31 Å². The van der Waals surface area contributed by atoms with Crippen molar-refractivity contribution >= 4 is 26.9 Å². The first-order valence-electron chi connectivity index (χ1n) is 14.4. The first-order valence-corrected chi connectivity index (χ1v) is 15.8. The predicted octanol–water partition coefficient (Wildman–Crippen LogP) is 6.50. The number of hydrogen-bond acceptors (Lipinski definition) is 5. The second-order valence-electron chi connectivity index (χ2n) is 12.3. The molecule has 0 aliphatic heterocycles. The van der Waals surface area contributed by atoms with Crippen molar-refractivity contribution in [1.82, 2.24) is 9.21 Å². The summed E-state index contributed by atoms with van der Waals surface area (Å²) in [5.74, 6) is -0.704. The van der Waals surface area contributed by atoms with Crippen LogP contribution in [0.2, 0.25) is 0 Å². The molecular weight excluding hydrogens is 567 g/mol. The molecule has 0 saturated heterocycles. The van der Waals surface area contributed by atoms with E-state index in [0.29, 0.717) is 23.0 Å². The molecule has 0 bridgehead atoms. The molecule has 228 valence electrons. The zero-order valence-electron chi connectivity index (χ0n) is 25.3. The zero-order chi connectivity index (χ0) is 31.4. The van der Waals surface area contributed by atoms with Crippen molar-refractivity contribution in [2.75, 3.05) is 13.1 Å². The van der Waals surface area contributed by atoms with Crippen LogP contribution in [0.25, 0.3) is 11.0 Å². The largest absolute Gasteiger partial charge is 0.464 e. The fourth-order valence-electron chi connectivity index (χ4n) is 4.69. The molecule has 0 aliphatic carbocycles. The second kappa shape index (κ2) is 13.2. The molecule has 1 heterocycles. The topological polar surface area (TPSA) is 87.9 Å². The average molecular weight is 607 g/mol. The number of halogens is 1. The van der Waals surface area contributed by atoms with Crippen LogP contribution in [-0.2, 0) is 33.3 Å². The highest BCUT2D eigenvalue weighted by atomic mass is 32.2. The van der Waals surface area contributed by atoms with E-state index in [4.69, 9.17) is 4.42 Å². The van der Waals surface area contributed by atoms with Gasteiger partial charge < -0.3 is 9.32 Å². The molecule has 1 aromatic heterocycles. The Labute approximate surface area is 253 Å². The van der Waals surface area contributed by atoms with E-state index in [9.17, 15) is 22.4 Å². The molecule has 0 aliphatic rings. The van der Waals surface area contributed by atoms with Gasteiger partial charge in [0.1, 0.15) is 11.4 Å². The Morgan fingerprint density at radius 3 is 2.21 bits per heavy atom. The van der Waals surface area contributed by atoms with Crippen molar-refractivity contribution < 1.29 is 22.0 Å². The van der Waals surface area contributed by atoms with Gasteiger partial charge in [0, 0.05) is 13.1 Å². The summed E-state index contributed by atoms with van der Waals surface area (Å²) >= 11 is 0. The lowest BCUT2D eigenvalue weighted by Gasteiger charge is -2.28. The molecule has 1 amide bonds. The van der Waals surface area contributed by atoms with Gasteiger partial charge in [-0.15, -0.1) is 0 Å². The smallest absolute Gasteiger partial charge is 0.243 e. The van der Waals surface area contributed by atoms with Gasteiger partial charge in [0.2, 0.25) is 15.9 Å². The minimum absolute atomic E-state index is 0.0454. The van der Waals surface area contributed by atoms with Gasteiger partial charge in [0.15, 0.2) is 5.43 Å². The fourth-order valence-corrected chi connectivity index (χ4v) is 6.09. The maximum atomic E-state index is 13.9. The molecule has 0 unspecified atom stereocenters. The van der Waals surface area contributed by atoms with E-state index in [-0.39, 0.29) is 46.9 Å². The lowest BCUT2D eigenvalue weighted by molar-refractivity contribution is -0.132. The fraction of sp³-hybridized carbons (Fsp3) is 0.353. The van der Waals surface area contributed by atoms with E-state index in [0.717, 1.165) is 5.56 Å². The van der Waals surface area contributed by atoms with Gasteiger partial charge in [-0.3, -0.25) is 9.59 Å². The summed E-state index contributed by atoms with van der Waals surface area (Å²) in [6.45, 7) is 9.80. The molecule has 4 rings (SSSR count). The highest BCUT2D eigenvalue weighted by Gasteiger charge is 2.29. The third-order valence-electron chi connectivity index (χ3n) is 7.38. The Morgan fingerprint density at radius 1 is 0.930 bits per heavy atom. The normalized spacial score (nSPS) is 12.3. The Morgan fingerprint density at radius 2 is 1.58 bits per heavy atom. The van der Waals surface area contributed by atoms with Crippen molar-refractivity contribution in [3.8, 4) is 0 Å². The number of nitrogens with zero attached hydrogens (tertiary/aromatic N) is 2. The van der Waals surface area contributed by atoms with E-state index in [1.807, 2.05) is 13.8 Å². The van der Waals surface area contributed by atoms with Crippen LogP contribution in [0.3, 0.4) is 0 Å². The van der Waals surface area contributed by atoms with Crippen molar-refractivity contribution in [2.45, 2.75) is 64.4 Å². The molecule has 4 aromatic rings. The number of benzene rings is 3. The standard InChI is InChI=1S/C34H39FN2O5S/c1-24(2)18-19-37(43(40,41)29-16-12-27(13-17-29)34(3,4)5)22-32(38)36(20-25-10-14-28(35)15-11-25)21-26-23-42-31-9-7-6-8-30(31)33(26)39/h6-17,23-24H,18-22H2,1-5H3. The van der Waals surface area contributed by atoms with Crippen LogP contribution in [0.1, 0.15) is 57.7 Å². The van der Waals surface area contributed by atoms with E-state index in [1.165, 1.54) is 27.6 Å². The van der Waals surface area contributed by atoms with Crippen molar-refractivity contribution in [3.63, 3.8) is 0 Å². The molecule has 0 fully saturated rings. The van der Waals surface area contributed by atoms with Crippen molar-refractivity contribution in [3.05, 3.63) is 112 Å². The summed E-state index contributed by atoms with van der Waals surface area (Å²) in [4.78, 5) is 28.7. The summed E-state index contributed by atoms with van der Waals surface area (Å²) < 4.78 is 48.2. The third kappa shape index (κ3) is 7.97. The highest BCUT2D eigenvalue weighted by molar-refractivity contribution is 7.89. The Bertz CT molecular complexity index is 1720. The molecule has 0 atom stereocenters. The van der Waals surface area contributed by atoms with Gasteiger partial charge in [-0.1, -0.05) is 71.0 Å². The van der Waals surface area contributed by atoms with Crippen LogP contribution in [-0.4, -0.2) is 36.6 Å². The number of rotatable bonds is 11. The van der Waals surface area contributed by atoms with Gasteiger partial charge in [-0.25, -0.2) is 12.8 Å². The minimum atomic E-state index is -4.02. The number of hydrogen-bond donors (Lipinski definition) is 0. The summed E-state index contributed by atoms with van der Waals surface area (Å²) in [6.07, 6.45) is 1.89. The lowest BCUT2D eigenvalue weighted by Crippen LogP contribution is -2.43. The molecule has 0 spiro atoms. The third-order valence-corrected chi connectivity index (χ3v) is 9.24. The van der Waals surface area contributed by atoms with E-state index >= 15 is 0 Å². The predicted molar refractivity (Wildman–Crippen MR) is 166 cm³/mol. The van der Waals surface area contributed by atoms with E-state index < -0.39 is 28.3 Å². The van der Waals surface area contributed by atoms with Crippen LogP contribution in [0, 0.1) is 11.7 Å². The van der Waals surface area contributed by atoms with E-state index in [1.54, 1.807) is 60.7 Å². The van der Waals surface area contributed by atoms with Crippen LogP contribution >= 0.6 is 0 Å². The molecule has 43 heavy (non-hydrogen) atoms. The molecule has 9 heteroatoms. The number of sulfonamides is 1. The maximum Gasteiger partial charge on any atom is 0.243 e. The number of amides is 1. The summed E-state index contributed by atoms with van der Waals surface area (Å²) in [5, 5.41) is 0.383. The summed E-state index contributed by atoms with van der Waals surface area (Å²) in [5.41, 5.74) is 1.89. The average Bonchev–Trinajstić information content (AvgIpc) is 2.96. The highest BCUT2D eigenvalue weighted by Crippen LogP contribution is 2.25. The lowest BCUT2D eigenvalue weighted by atomic mass is 9.87. The maximum absolute atomic E-state index is 13.9. The quantitative estimate of drug-likeness (QED) is 0.195. The molecule has 7 nitrogen and oxygen atoms in total. The van der Waals surface area contributed by atoms with Gasteiger partial charge in [-0.05, 0) is 65.3 Å². The summed E-state index contributed by atoms with van der Waals surface area (Å²) in [7, 11) is -4.02. The first-order chi connectivity index (χ1) is 20.3. The SMILES string of the molecule is CC(C)CCN(CC(=O)N(Cc1ccc(F)cc1)Cc1coc2ccccc2c1=O)S(=O)(=O)c1ccc(C(C)(C)C)cc1. The monoisotopic (exact) mass is 606 g/mol. The van der Waals surface area contributed by atoms with Gasteiger partial charge >= 0.3 is 0 Å². The first kappa shape index (κ1) is 32.1. The van der Waals surface area contributed by atoms with Crippen LogP contribution in [0.4, 0.5) is 4.39 Å². The van der Waals surface area contributed by atoms with Gasteiger partial charge in [0.25, 0.3) is 0 Å². The minimum Gasteiger partial charge on any atom is -0.464 e. The molecular formula is C34H39FN2O5S. The Balaban J connectivity index is 1.67. The van der Waals surface area contributed by atoms with Crippen molar-refractivity contribution in [2.24, 2.45) is 5.92 Å². The van der Waals surface area contributed by atoms with Crippen LogP contribution in [0.5, 0.6) is 0 Å². The molecule has 0 N–H and O–H groups in total. The molecule has 3 aromatic carbocycles. The Hall–Kier alpha value is -3.82. The number of carbonyl (C=O) groups excluding carboxylic acids is 1. The Kier molecular flexibility index (Phi) is 9.87. The molecule has 0 radical (unpaired) electrons. The van der Waals surface area contributed by atoms with Crippen molar-refractivity contribution in [1.29, 1.82) is 0 Å². The second-order valence-corrected chi connectivity index (χ2v) is 14.2. The zero-order valence-corrected chi connectivity index (χ0v) is 26.2. The number of carbonyl (C=O) groups is 1. The van der Waals surface area contributed by atoms with E-state index in [2.05, 4.69) is 20.8 Å². The van der Waals surface area contributed by atoms with Gasteiger partial charge in [0.05, 0.1) is 35.2 Å². The summed E-state index contributed by atoms with van der Waals surface area (Å²) in [6, 6.07) is 19.3. The number of fused-ring (bicyclic) bond motifs is 1. The van der Waals surface area contributed by atoms with Crippen LogP contribution < -0.4 is 5.43 Å². The number of para-hydroxylation sites is 1.